The van der Waals surface area contributed by atoms with Crippen LogP contribution in [-0.2, 0) is 4.74 Å². The van der Waals surface area contributed by atoms with Crippen LogP contribution in [0.2, 0.25) is 0 Å². The monoisotopic (exact) mass is 319 g/mol. The normalized spacial score (nSPS) is 9.59. The zero-order chi connectivity index (χ0) is 12.8. The van der Waals surface area contributed by atoms with Gasteiger partial charge in [-0.2, -0.15) is 0 Å². The molecule has 0 aliphatic rings. The van der Waals surface area contributed by atoms with Gasteiger partial charge in [0.2, 0.25) is 0 Å². The number of imide groups is 1. The lowest BCUT2D eigenvalue weighted by molar-refractivity contribution is 0.154. The van der Waals surface area contributed by atoms with Crippen molar-refractivity contribution in [1.82, 2.24) is 10.3 Å². The lowest BCUT2D eigenvalue weighted by atomic mass is 10.5. The fourth-order valence-electron chi connectivity index (χ4n) is 0.905. The highest BCUT2D eigenvalue weighted by atomic mass is 79.9. The number of alkyl carbamates (subject to hydrolysis) is 1. The number of carbonyl (C=O) groups excluding carboxylic acids is 2. The number of pyridine rings is 1. The van der Waals surface area contributed by atoms with Crippen LogP contribution < -0.4 is 9.62 Å². The van der Waals surface area contributed by atoms with E-state index in [2.05, 4.69) is 38.5 Å². The number of ether oxygens (including phenoxy) is 1. The van der Waals surface area contributed by atoms with Crippen LogP contribution in [0.1, 0.15) is 6.92 Å². The quantitative estimate of drug-likeness (QED) is 0.821. The van der Waals surface area contributed by atoms with Crippen molar-refractivity contribution < 1.29 is 14.3 Å². The maximum absolute atomic E-state index is 11.5. The highest BCUT2D eigenvalue weighted by molar-refractivity contribution is 9.10. The first-order chi connectivity index (χ1) is 8.04. The van der Waals surface area contributed by atoms with E-state index in [1.165, 1.54) is 6.20 Å². The van der Waals surface area contributed by atoms with E-state index < -0.39 is 12.1 Å². The molecule has 6 nitrogen and oxygen atoms in total. The second kappa shape index (κ2) is 6.45. The largest absolute Gasteiger partial charge is 0.450 e. The first-order valence-electron chi connectivity index (χ1n) is 4.63. The molecule has 0 bridgehead atoms. The summed E-state index contributed by atoms with van der Waals surface area (Å²) >= 11 is 7.14. The van der Waals surface area contributed by atoms with Crippen LogP contribution in [0.3, 0.4) is 0 Å². The Hall–Kier alpha value is -1.28. The summed E-state index contributed by atoms with van der Waals surface area (Å²) in [6, 6.07) is 2.53. The Bertz CT molecular complexity index is 412. The van der Waals surface area contributed by atoms with Crippen LogP contribution in [0.15, 0.2) is 22.8 Å². The molecule has 0 unspecified atom stereocenters. The molecule has 1 aromatic heterocycles. The van der Waals surface area contributed by atoms with Gasteiger partial charge in [-0.25, -0.2) is 24.2 Å². The summed E-state index contributed by atoms with van der Waals surface area (Å²) in [6.07, 6.45) is 0.685. The van der Waals surface area contributed by atoms with Gasteiger partial charge in [0, 0.05) is 10.7 Å². The van der Waals surface area contributed by atoms with Crippen molar-refractivity contribution in [2.45, 2.75) is 6.92 Å². The SMILES string of the molecule is CCOC(=O)NC(=O)N(S)c1ccc(Br)cn1. The zero-order valence-electron chi connectivity index (χ0n) is 8.88. The van der Waals surface area contributed by atoms with Crippen molar-refractivity contribution in [1.29, 1.82) is 0 Å². The molecule has 1 heterocycles. The van der Waals surface area contributed by atoms with Gasteiger partial charge in [0.05, 0.1) is 6.61 Å². The van der Waals surface area contributed by atoms with E-state index in [-0.39, 0.29) is 6.61 Å². The molecule has 1 rings (SSSR count). The van der Waals surface area contributed by atoms with Gasteiger partial charge in [0.1, 0.15) is 5.82 Å². The summed E-state index contributed by atoms with van der Waals surface area (Å²) in [7, 11) is 0. The summed E-state index contributed by atoms with van der Waals surface area (Å²) < 4.78 is 6.24. The van der Waals surface area contributed by atoms with E-state index in [1.807, 2.05) is 5.32 Å². The Labute approximate surface area is 112 Å². The predicted octanol–water partition coefficient (Wildman–Crippen LogP) is 2.36. The molecule has 0 atom stereocenters. The molecule has 0 saturated heterocycles. The Morgan fingerprint density at radius 3 is 2.82 bits per heavy atom. The van der Waals surface area contributed by atoms with Crippen LogP contribution in [0.5, 0.6) is 0 Å². The average Bonchev–Trinajstić information content (AvgIpc) is 2.29. The fraction of sp³-hybridized carbons (Fsp3) is 0.222. The summed E-state index contributed by atoms with van der Waals surface area (Å²) in [6.45, 7) is 1.82. The van der Waals surface area contributed by atoms with Gasteiger partial charge in [-0.15, -0.1) is 0 Å². The summed E-state index contributed by atoms with van der Waals surface area (Å²) in [4.78, 5) is 26.4. The number of nitrogens with zero attached hydrogens (tertiary/aromatic N) is 2. The minimum Gasteiger partial charge on any atom is -0.450 e. The first-order valence-corrected chi connectivity index (χ1v) is 5.82. The van der Waals surface area contributed by atoms with E-state index >= 15 is 0 Å². The molecule has 0 fully saturated rings. The van der Waals surface area contributed by atoms with Gasteiger partial charge >= 0.3 is 12.1 Å². The van der Waals surface area contributed by atoms with Crippen LogP contribution in [0.25, 0.3) is 0 Å². The van der Waals surface area contributed by atoms with E-state index in [0.717, 1.165) is 8.78 Å². The molecule has 0 aliphatic heterocycles. The van der Waals surface area contributed by atoms with Crippen LogP contribution >= 0.6 is 28.7 Å². The number of rotatable bonds is 2. The van der Waals surface area contributed by atoms with Crippen molar-refractivity contribution in [3.05, 3.63) is 22.8 Å². The standard InChI is InChI=1S/C9H10BrN3O3S/c1-2-16-9(15)12-8(14)13(17)7-4-3-6(10)5-11-7/h3-5,17H,2H2,1H3,(H,12,14,15). The molecule has 92 valence electrons. The van der Waals surface area contributed by atoms with E-state index in [1.54, 1.807) is 19.1 Å². The third kappa shape index (κ3) is 4.23. The van der Waals surface area contributed by atoms with Crippen molar-refractivity contribution in [3.8, 4) is 0 Å². The molecule has 17 heavy (non-hydrogen) atoms. The number of thiol groups is 1. The molecule has 0 aliphatic carbocycles. The fourth-order valence-corrected chi connectivity index (χ4v) is 1.31. The number of carbonyl (C=O) groups is 2. The van der Waals surface area contributed by atoms with Crippen molar-refractivity contribution in [2.75, 3.05) is 10.9 Å². The summed E-state index contributed by atoms with van der Waals surface area (Å²) in [5.74, 6) is 0.290. The topological polar surface area (TPSA) is 71.5 Å². The lowest BCUT2D eigenvalue weighted by Crippen LogP contribution is -2.38. The molecule has 0 radical (unpaired) electrons. The number of hydrogen-bond acceptors (Lipinski definition) is 5. The van der Waals surface area contributed by atoms with Gasteiger partial charge in [0.25, 0.3) is 0 Å². The van der Waals surface area contributed by atoms with Crippen molar-refractivity contribution in [3.63, 3.8) is 0 Å². The summed E-state index contributed by atoms with van der Waals surface area (Å²) in [5.41, 5.74) is 0. The Morgan fingerprint density at radius 1 is 1.59 bits per heavy atom. The Balaban J connectivity index is 2.63. The number of nitrogens with one attached hydrogen (secondary N) is 1. The predicted molar refractivity (Wildman–Crippen MR) is 69.0 cm³/mol. The van der Waals surface area contributed by atoms with Crippen molar-refractivity contribution >= 4 is 46.7 Å². The molecule has 3 amide bonds. The molecular formula is C9H10BrN3O3S. The van der Waals surface area contributed by atoms with Gasteiger partial charge in [-0.1, -0.05) is 12.8 Å². The van der Waals surface area contributed by atoms with E-state index in [9.17, 15) is 9.59 Å². The lowest BCUT2D eigenvalue weighted by Gasteiger charge is -2.14. The number of urea groups is 1. The zero-order valence-corrected chi connectivity index (χ0v) is 11.4. The first kappa shape index (κ1) is 13.8. The summed E-state index contributed by atoms with van der Waals surface area (Å²) in [5, 5.41) is 1.99. The van der Waals surface area contributed by atoms with E-state index in [4.69, 9.17) is 0 Å². The smallest absolute Gasteiger partial charge is 0.415 e. The third-order valence-electron chi connectivity index (χ3n) is 1.61. The average molecular weight is 320 g/mol. The van der Waals surface area contributed by atoms with Gasteiger partial charge < -0.3 is 4.74 Å². The third-order valence-corrected chi connectivity index (χ3v) is 2.46. The van der Waals surface area contributed by atoms with Crippen LogP contribution in [-0.4, -0.2) is 23.7 Å². The number of anilines is 1. The molecule has 8 heteroatoms. The number of aromatic nitrogens is 1. The van der Waals surface area contributed by atoms with Gasteiger partial charge in [0.15, 0.2) is 0 Å². The highest BCUT2D eigenvalue weighted by Gasteiger charge is 2.16. The minimum absolute atomic E-state index is 0.183. The maximum atomic E-state index is 11.5. The highest BCUT2D eigenvalue weighted by Crippen LogP contribution is 2.16. The number of hydrogen-bond donors (Lipinski definition) is 2. The minimum atomic E-state index is -0.825. The number of amides is 3. The van der Waals surface area contributed by atoms with Crippen LogP contribution in [0.4, 0.5) is 15.4 Å². The second-order valence-corrected chi connectivity index (χ2v) is 4.11. The second-order valence-electron chi connectivity index (χ2n) is 2.80. The van der Waals surface area contributed by atoms with Crippen molar-refractivity contribution in [2.24, 2.45) is 0 Å². The number of halogens is 1. The molecule has 1 aromatic rings. The molecule has 0 saturated carbocycles. The molecule has 0 aromatic carbocycles. The van der Waals surface area contributed by atoms with Crippen LogP contribution in [0, 0.1) is 0 Å². The van der Waals surface area contributed by atoms with Gasteiger partial charge in [-0.3, -0.25) is 0 Å². The van der Waals surface area contributed by atoms with Gasteiger partial charge in [-0.05, 0) is 35.0 Å². The Kier molecular flexibility index (Phi) is 5.23. The molecular weight excluding hydrogens is 310 g/mol. The molecule has 0 spiro atoms. The molecule has 1 N–H and O–H groups in total. The Morgan fingerprint density at radius 2 is 2.29 bits per heavy atom. The van der Waals surface area contributed by atoms with E-state index in [0.29, 0.717) is 5.82 Å². The maximum Gasteiger partial charge on any atom is 0.415 e.